The van der Waals surface area contributed by atoms with Crippen LogP contribution >= 0.6 is 11.6 Å². The number of amides is 1. The number of halogens is 1. The van der Waals surface area contributed by atoms with Gasteiger partial charge in [0, 0.05) is 12.7 Å². The van der Waals surface area contributed by atoms with Gasteiger partial charge >= 0.3 is 5.37 Å². The molecule has 0 radical (unpaired) electrons. The molecule has 3 heteroatoms. The number of unbranched alkanes of at least 4 members (excludes halogenated alkanes) is 2. The van der Waals surface area contributed by atoms with Crippen LogP contribution in [-0.4, -0.2) is 17.3 Å². The first kappa shape index (κ1) is 12.5. The fraction of sp³-hybridized carbons (Fsp3) is 0.700. The Morgan fingerprint density at radius 3 is 2.46 bits per heavy atom. The highest BCUT2D eigenvalue weighted by Gasteiger charge is 2.07. The molecule has 0 aromatic rings. The van der Waals surface area contributed by atoms with Gasteiger partial charge in [-0.2, -0.15) is 0 Å². The standard InChI is InChI=1S/C10H18ClNO/c1-4-6-7-8-9(5-2)12(3)10(11)13/h8H,4-7H2,1-3H3. The molecule has 1 amide bonds. The van der Waals surface area contributed by atoms with Crippen molar-refractivity contribution in [2.45, 2.75) is 39.5 Å². The largest absolute Gasteiger partial charge is 0.320 e. The van der Waals surface area contributed by atoms with E-state index in [1.165, 1.54) is 11.3 Å². The monoisotopic (exact) mass is 203 g/mol. The second-order valence-corrected chi connectivity index (χ2v) is 3.33. The second kappa shape index (κ2) is 6.96. The van der Waals surface area contributed by atoms with Crippen LogP contribution in [0.25, 0.3) is 0 Å². The van der Waals surface area contributed by atoms with Crippen LogP contribution in [0.15, 0.2) is 11.8 Å². The number of hydrogen-bond donors (Lipinski definition) is 0. The predicted molar refractivity (Wildman–Crippen MR) is 56.9 cm³/mol. The topological polar surface area (TPSA) is 20.3 Å². The van der Waals surface area contributed by atoms with Gasteiger partial charge in [-0.15, -0.1) is 0 Å². The molecule has 0 unspecified atom stereocenters. The summed E-state index contributed by atoms with van der Waals surface area (Å²) in [6.07, 6.45) is 6.29. The fourth-order valence-electron chi connectivity index (χ4n) is 1.10. The molecule has 0 heterocycles. The van der Waals surface area contributed by atoms with Crippen LogP contribution in [0, 0.1) is 0 Å². The van der Waals surface area contributed by atoms with Gasteiger partial charge in [0.15, 0.2) is 0 Å². The third-order valence-corrected chi connectivity index (χ3v) is 2.25. The highest BCUT2D eigenvalue weighted by atomic mass is 35.5. The quantitative estimate of drug-likeness (QED) is 0.379. The molecule has 76 valence electrons. The molecule has 0 saturated carbocycles. The van der Waals surface area contributed by atoms with Gasteiger partial charge < -0.3 is 4.90 Å². The molecule has 0 fully saturated rings. The van der Waals surface area contributed by atoms with E-state index in [0.29, 0.717) is 0 Å². The van der Waals surface area contributed by atoms with Crippen LogP contribution in [-0.2, 0) is 0 Å². The Kier molecular flexibility index (Phi) is 6.69. The molecule has 0 aliphatic heterocycles. The lowest BCUT2D eigenvalue weighted by Crippen LogP contribution is -2.19. The number of carbonyl (C=O) groups excluding carboxylic acids is 1. The van der Waals surface area contributed by atoms with Crippen molar-refractivity contribution >= 4 is 17.0 Å². The molecule has 2 nitrogen and oxygen atoms in total. The predicted octanol–water partition coefficient (Wildman–Crippen LogP) is 3.76. The average Bonchev–Trinajstić information content (AvgIpc) is 2.11. The van der Waals surface area contributed by atoms with Crippen molar-refractivity contribution in [1.82, 2.24) is 4.90 Å². The van der Waals surface area contributed by atoms with E-state index in [1.54, 1.807) is 7.05 Å². The zero-order valence-corrected chi connectivity index (χ0v) is 9.40. The molecule has 0 rings (SSSR count). The maximum Gasteiger partial charge on any atom is 0.320 e. The van der Waals surface area contributed by atoms with Crippen LogP contribution in [0.2, 0.25) is 0 Å². The summed E-state index contributed by atoms with van der Waals surface area (Å²) in [4.78, 5) is 12.3. The normalized spacial score (nSPS) is 11.5. The Morgan fingerprint density at radius 1 is 1.46 bits per heavy atom. The highest BCUT2D eigenvalue weighted by molar-refractivity contribution is 6.63. The third kappa shape index (κ3) is 4.94. The Balaban J connectivity index is 4.14. The fourth-order valence-corrected chi connectivity index (χ4v) is 1.21. The van der Waals surface area contributed by atoms with Crippen molar-refractivity contribution in [3.63, 3.8) is 0 Å². The van der Waals surface area contributed by atoms with Crippen LogP contribution in [0.1, 0.15) is 39.5 Å². The SMILES string of the molecule is CCCCC=C(CC)N(C)C(=O)Cl. The number of nitrogens with zero attached hydrogens (tertiary/aromatic N) is 1. The first-order valence-electron chi connectivity index (χ1n) is 4.75. The van der Waals surface area contributed by atoms with Gasteiger partial charge in [0.05, 0.1) is 0 Å². The van der Waals surface area contributed by atoms with Gasteiger partial charge in [-0.1, -0.05) is 32.8 Å². The minimum Gasteiger partial charge on any atom is -0.306 e. The summed E-state index contributed by atoms with van der Waals surface area (Å²) in [5.41, 5.74) is 1.01. The molecule has 0 bridgehead atoms. The zero-order valence-electron chi connectivity index (χ0n) is 8.64. The molecule has 0 saturated heterocycles. The summed E-state index contributed by atoms with van der Waals surface area (Å²) >= 11 is 5.36. The number of carbonyl (C=O) groups is 1. The maximum absolute atomic E-state index is 10.8. The molecule has 0 N–H and O–H groups in total. The highest BCUT2D eigenvalue weighted by Crippen LogP contribution is 2.11. The van der Waals surface area contributed by atoms with E-state index < -0.39 is 5.37 Å². The summed E-state index contributed by atoms with van der Waals surface area (Å²) in [6, 6.07) is 0. The maximum atomic E-state index is 10.8. The Bertz CT molecular complexity index is 189. The summed E-state index contributed by atoms with van der Waals surface area (Å²) in [5.74, 6) is 0. The van der Waals surface area contributed by atoms with Crippen molar-refractivity contribution in [1.29, 1.82) is 0 Å². The van der Waals surface area contributed by atoms with Crippen molar-refractivity contribution < 1.29 is 4.79 Å². The van der Waals surface area contributed by atoms with Gasteiger partial charge in [-0.3, -0.25) is 4.79 Å². The summed E-state index contributed by atoms with van der Waals surface area (Å²) in [6.45, 7) is 4.17. The minimum atomic E-state index is -0.412. The van der Waals surface area contributed by atoms with Gasteiger partial charge in [0.2, 0.25) is 0 Å². The Morgan fingerprint density at radius 2 is 2.08 bits per heavy atom. The first-order chi connectivity index (χ1) is 6.13. The first-order valence-corrected chi connectivity index (χ1v) is 5.13. The molecule has 0 aliphatic rings. The molecule has 13 heavy (non-hydrogen) atoms. The average molecular weight is 204 g/mol. The lowest BCUT2D eigenvalue weighted by Gasteiger charge is -2.16. The smallest absolute Gasteiger partial charge is 0.306 e. The molecule has 0 aromatic heterocycles. The molecule has 0 spiro atoms. The Hall–Kier alpha value is -0.500. The van der Waals surface area contributed by atoms with Crippen LogP contribution in [0.5, 0.6) is 0 Å². The van der Waals surface area contributed by atoms with E-state index in [4.69, 9.17) is 11.6 Å². The van der Waals surface area contributed by atoms with Crippen molar-refractivity contribution in [2.75, 3.05) is 7.05 Å². The lowest BCUT2D eigenvalue weighted by atomic mass is 10.2. The second-order valence-electron chi connectivity index (χ2n) is 3.00. The van der Waals surface area contributed by atoms with Crippen molar-refractivity contribution in [3.8, 4) is 0 Å². The molecule has 0 aliphatic carbocycles. The van der Waals surface area contributed by atoms with Crippen LogP contribution in [0.3, 0.4) is 0 Å². The summed E-state index contributed by atoms with van der Waals surface area (Å²) in [7, 11) is 1.70. The van der Waals surface area contributed by atoms with Gasteiger partial charge in [-0.25, -0.2) is 0 Å². The summed E-state index contributed by atoms with van der Waals surface area (Å²) in [5, 5.41) is -0.412. The lowest BCUT2D eigenvalue weighted by molar-refractivity contribution is 0.240. The molecular weight excluding hydrogens is 186 g/mol. The number of allylic oxidation sites excluding steroid dienone is 2. The third-order valence-electron chi connectivity index (χ3n) is 1.99. The zero-order chi connectivity index (χ0) is 10.3. The van der Waals surface area contributed by atoms with E-state index in [-0.39, 0.29) is 0 Å². The molecular formula is C10H18ClNO. The van der Waals surface area contributed by atoms with E-state index in [1.807, 2.05) is 6.92 Å². The van der Waals surface area contributed by atoms with E-state index in [0.717, 1.165) is 25.0 Å². The number of rotatable bonds is 5. The van der Waals surface area contributed by atoms with Gasteiger partial charge in [-0.05, 0) is 24.4 Å². The Labute approximate surface area is 85.6 Å². The molecule has 0 atom stereocenters. The van der Waals surface area contributed by atoms with Crippen LogP contribution < -0.4 is 0 Å². The van der Waals surface area contributed by atoms with Gasteiger partial charge in [0.1, 0.15) is 0 Å². The van der Waals surface area contributed by atoms with E-state index in [9.17, 15) is 4.79 Å². The van der Waals surface area contributed by atoms with Gasteiger partial charge in [0.25, 0.3) is 0 Å². The van der Waals surface area contributed by atoms with E-state index in [2.05, 4.69) is 13.0 Å². The van der Waals surface area contributed by atoms with Crippen molar-refractivity contribution in [3.05, 3.63) is 11.8 Å². The van der Waals surface area contributed by atoms with Crippen LogP contribution in [0.4, 0.5) is 4.79 Å². The molecule has 0 aromatic carbocycles. The minimum absolute atomic E-state index is 0.412. The van der Waals surface area contributed by atoms with E-state index >= 15 is 0 Å². The number of hydrogen-bond acceptors (Lipinski definition) is 1. The van der Waals surface area contributed by atoms with Crippen molar-refractivity contribution in [2.24, 2.45) is 0 Å². The summed E-state index contributed by atoms with van der Waals surface area (Å²) < 4.78 is 0.